The Hall–Kier alpha value is -2.11. The number of hydrogen-bond acceptors (Lipinski definition) is 4. The number of nitrogens with one attached hydrogen (secondary N) is 1. The van der Waals surface area contributed by atoms with Crippen molar-refractivity contribution < 1.29 is 9.32 Å². The van der Waals surface area contributed by atoms with Crippen LogP contribution in [0.1, 0.15) is 48.0 Å². The Bertz CT molecular complexity index is 581. The number of hydrogen-bond donors (Lipinski definition) is 1. The third-order valence-corrected chi connectivity index (χ3v) is 3.43. The van der Waals surface area contributed by atoms with E-state index in [0.717, 1.165) is 12.8 Å². The predicted molar refractivity (Wildman–Crippen MR) is 68.9 cm³/mol. The molecule has 1 amide bonds. The van der Waals surface area contributed by atoms with Gasteiger partial charge in [-0.3, -0.25) is 4.79 Å². The molecule has 19 heavy (non-hydrogen) atoms. The van der Waals surface area contributed by atoms with Crippen LogP contribution in [0.4, 0.5) is 5.82 Å². The predicted octanol–water partition coefficient (Wildman–Crippen LogP) is 2.55. The van der Waals surface area contributed by atoms with Crippen LogP contribution in [0, 0.1) is 6.92 Å². The molecule has 6 nitrogen and oxygen atoms in total. The lowest BCUT2D eigenvalue weighted by Crippen LogP contribution is -2.17. The van der Waals surface area contributed by atoms with E-state index in [4.69, 9.17) is 4.52 Å². The zero-order valence-corrected chi connectivity index (χ0v) is 10.8. The number of carbonyl (C=O) groups excluding carboxylic acids is 1. The van der Waals surface area contributed by atoms with Gasteiger partial charge in [0.1, 0.15) is 5.82 Å². The van der Waals surface area contributed by atoms with Crippen LogP contribution in [0.15, 0.2) is 22.9 Å². The Labute approximate surface area is 110 Å². The van der Waals surface area contributed by atoms with Gasteiger partial charge in [0, 0.05) is 12.1 Å². The summed E-state index contributed by atoms with van der Waals surface area (Å²) in [6.45, 7) is 1.78. The van der Waals surface area contributed by atoms with Gasteiger partial charge in [-0.25, -0.2) is 4.68 Å². The van der Waals surface area contributed by atoms with Gasteiger partial charge in [-0.15, -0.1) is 0 Å². The zero-order chi connectivity index (χ0) is 13.2. The van der Waals surface area contributed by atoms with E-state index in [1.54, 1.807) is 25.3 Å². The second-order valence-electron chi connectivity index (χ2n) is 4.89. The van der Waals surface area contributed by atoms with Crippen molar-refractivity contribution in [2.75, 3.05) is 5.32 Å². The minimum absolute atomic E-state index is 0.219. The van der Waals surface area contributed by atoms with E-state index < -0.39 is 0 Å². The second kappa shape index (κ2) is 4.87. The molecule has 2 aromatic heterocycles. The first kappa shape index (κ1) is 12.0. The summed E-state index contributed by atoms with van der Waals surface area (Å²) in [5.74, 6) is 0.642. The number of rotatable bonds is 3. The first-order valence-corrected chi connectivity index (χ1v) is 6.52. The van der Waals surface area contributed by atoms with Crippen molar-refractivity contribution in [2.45, 2.75) is 38.6 Å². The summed E-state index contributed by atoms with van der Waals surface area (Å²) in [4.78, 5) is 12.0. The van der Waals surface area contributed by atoms with Gasteiger partial charge in [0.2, 0.25) is 5.76 Å². The van der Waals surface area contributed by atoms with Gasteiger partial charge in [-0.05, 0) is 19.8 Å². The maximum Gasteiger partial charge on any atom is 0.295 e. The summed E-state index contributed by atoms with van der Waals surface area (Å²) in [6.07, 6.45) is 6.38. The van der Waals surface area contributed by atoms with Gasteiger partial charge >= 0.3 is 0 Å². The molecule has 1 saturated carbocycles. The molecule has 3 rings (SSSR count). The molecule has 0 saturated heterocycles. The van der Waals surface area contributed by atoms with Crippen LogP contribution >= 0.6 is 0 Å². The van der Waals surface area contributed by atoms with Crippen LogP contribution in [0.2, 0.25) is 0 Å². The van der Waals surface area contributed by atoms with E-state index in [2.05, 4.69) is 15.6 Å². The molecule has 1 fully saturated rings. The molecule has 0 aromatic carbocycles. The quantitative estimate of drug-likeness (QED) is 0.920. The average Bonchev–Trinajstić information content (AvgIpc) is 3.07. The molecule has 0 unspecified atom stereocenters. The highest BCUT2D eigenvalue weighted by Gasteiger charge is 2.21. The molecular formula is C13H16N4O2. The van der Waals surface area contributed by atoms with E-state index in [1.165, 1.54) is 12.8 Å². The third-order valence-electron chi connectivity index (χ3n) is 3.43. The first-order valence-electron chi connectivity index (χ1n) is 6.52. The molecule has 0 spiro atoms. The highest BCUT2D eigenvalue weighted by Crippen LogP contribution is 2.31. The molecule has 1 aliphatic rings. The maximum absolute atomic E-state index is 12.0. The van der Waals surface area contributed by atoms with E-state index in [9.17, 15) is 4.79 Å². The van der Waals surface area contributed by atoms with Gasteiger partial charge in [0.25, 0.3) is 5.91 Å². The van der Waals surface area contributed by atoms with Gasteiger partial charge in [0.05, 0.1) is 17.9 Å². The van der Waals surface area contributed by atoms with Crippen molar-refractivity contribution in [3.63, 3.8) is 0 Å². The summed E-state index contributed by atoms with van der Waals surface area (Å²) in [5.41, 5.74) is 0.689. The topological polar surface area (TPSA) is 73.0 Å². The molecule has 1 aliphatic carbocycles. The van der Waals surface area contributed by atoms with Gasteiger partial charge < -0.3 is 9.84 Å². The normalized spacial score (nSPS) is 15.8. The van der Waals surface area contributed by atoms with E-state index in [0.29, 0.717) is 17.6 Å². The fraction of sp³-hybridized carbons (Fsp3) is 0.462. The number of nitrogens with zero attached hydrogens (tertiary/aromatic N) is 3. The minimum atomic E-state index is -0.291. The van der Waals surface area contributed by atoms with Crippen molar-refractivity contribution in [1.82, 2.24) is 14.9 Å². The Morgan fingerprint density at radius 2 is 2.26 bits per heavy atom. The highest BCUT2D eigenvalue weighted by molar-refractivity contribution is 6.01. The smallest absolute Gasteiger partial charge is 0.295 e. The lowest BCUT2D eigenvalue weighted by Gasteiger charge is -2.13. The van der Waals surface area contributed by atoms with Crippen molar-refractivity contribution in [3.05, 3.63) is 29.8 Å². The van der Waals surface area contributed by atoms with E-state index >= 15 is 0 Å². The zero-order valence-electron chi connectivity index (χ0n) is 10.8. The largest absolute Gasteiger partial charge is 0.351 e. The number of amides is 1. The summed E-state index contributed by atoms with van der Waals surface area (Å²) >= 11 is 0. The molecule has 2 heterocycles. The molecule has 100 valence electrons. The van der Waals surface area contributed by atoms with Gasteiger partial charge in [-0.2, -0.15) is 5.10 Å². The Balaban J connectivity index is 1.76. The Kier molecular flexibility index (Phi) is 3.06. The highest BCUT2D eigenvalue weighted by atomic mass is 16.5. The van der Waals surface area contributed by atoms with E-state index in [-0.39, 0.29) is 11.7 Å². The SMILES string of the molecule is Cc1cc(C(=O)Nc2ccnn2C2CCCC2)on1. The number of carbonyl (C=O) groups is 1. The third kappa shape index (κ3) is 2.38. The maximum atomic E-state index is 12.0. The molecule has 1 N–H and O–H groups in total. The summed E-state index contributed by atoms with van der Waals surface area (Å²) in [7, 11) is 0. The number of aromatic nitrogens is 3. The molecule has 2 aromatic rings. The fourth-order valence-electron chi connectivity index (χ4n) is 2.50. The molecule has 0 atom stereocenters. The monoisotopic (exact) mass is 260 g/mol. The van der Waals surface area contributed by atoms with Crippen molar-refractivity contribution in [1.29, 1.82) is 0 Å². The Morgan fingerprint density at radius 1 is 1.47 bits per heavy atom. The van der Waals surface area contributed by atoms with Crippen LogP contribution < -0.4 is 5.32 Å². The summed E-state index contributed by atoms with van der Waals surface area (Å²) in [5, 5.41) is 10.8. The minimum Gasteiger partial charge on any atom is -0.351 e. The number of aryl methyl sites for hydroxylation is 1. The second-order valence-corrected chi connectivity index (χ2v) is 4.89. The Morgan fingerprint density at radius 3 is 2.95 bits per heavy atom. The van der Waals surface area contributed by atoms with E-state index in [1.807, 2.05) is 4.68 Å². The fourth-order valence-corrected chi connectivity index (χ4v) is 2.50. The molecule has 6 heteroatoms. The average molecular weight is 260 g/mol. The first-order chi connectivity index (χ1) is 9.24. The summed E-state index contributed by atoms with van der Waals surface area (Å²) < 4.78 is 6.85. The molecular weight excluding hydrogens is 244 g/mol. The van der Waals surface area contributed by atoms with Crippen LogP contribution in [0.25, 0.3) is 0 Å². The van der Waals surface area contributed by atoms with Crippen molar-refractivity contribution in [3.8, 4) is 0 Å². The number of anilines is 1. The van der Waals surface area contributed by atoms with Gasteiger partial charge in [-0.1, -0.05) is 18.0 Å². The lowest BCUT2D eigenvalue weighted by atomic mass is 10.2. The lowest BCUT2D eigenvalue weighted by molar-refractivity contribution is 0.0986. The van der Waals surface area contributed by atoms with Crippen LogP contribution in [-0.4, -0.2) is 20.8 Å². The van der Waals surface area contributed by atoms with Crippen molar-refractivity contribution in [2.24, 2.45) is 0 Å². The molecule has 0 aliphatic heterocycles. The molecule has 0 radical (unpaired) electrons. The van der Waals surface area contributed by atoms with Crippen molar-refractivity contribution >= 4 is 11.7 Å². The van der Waals surface area contributed by atoms with Crippen LogP contribution in [0.3, 0.4) is 0 Å². The molecule has 0 bridgehead atoms. The summed E-state index contributed by atoms with van der Waals surface area (Å²) in [6, 6.07) is 3.81. The van der Waals surface area contributed by atoms with Crippen LogP contribution in [0.5, 0.6) is 0 Å². The van der Waals surface area contributed by atoms with Crippen LogP contribution in [-0.2, 0) is 0 Å². The van der Waals surface area contributed by atoms with Gasteiger partial charge in [0.15, 0.2) is 0 Å². The standard InChI is InChI=1S/C13H16N4O2/c1-9-8-11(19-16-9)13(18)15-12-6-7-14-17(12)10-4-2-3-5-10/h6-8,10H,2-5H2,1H3,(H,15,18).